The highest BCUT2D eigenvalue weighted by molar-refractivity contribution is 5.80. The van der Waals surface area contributed by atoms with Gasteiger partial charge in [-0.05, 0) is 44.9 Å². The first-order valence-corrected chi connectivity index (χ1v) is 27.2. The van der Waals surface area contributed by atoms with Crippen molar-refractivity contribution in [3.63, 3.8) is 0 Å². The minimum absolute atomic E-state index is 0.367. The number of hydrogen-bond donors (Lipinski definition) is 5. The van der Waals surface area contributed by atoms with Gasteiger partial charge in [0.25, 0.3) is 0 Å². The van der Waals surface area contributed by atoms with E-state index in [2.05, 4.69) is 43.5 Å². The quantitative estimate of drug-likeness (QED) is 0.0309. The summed E-state index contributed by atoms with van der Waals surface area (Å²) < 4.78 is 0. The molecule has 0 aliphatic carbocycles. The molecule has 0 bridgehead atoms. The molecule has 0 rings (SSSR count). The van der Waals surface area contributed by atoms with Crippen LogP contribution in [0.4, 0.5) is 0 Å². The van der Waals surface area contributed by atoms with E-state index >= 15 is 0 Å². The van der Waals surface area contributed by atoms with Crippen LogP contribution in [0.15, 0.2) is 24.3 Å². The van der Waals surface area contributed by atoms with Crippen LogP contribution in [-0.2, 0) is 4.79 Å². The lowest BCUT2D eigenvalue weighted by Crippen LogP contribution is -2.53. The number of aliphatic hydroxyl groups is 4. The molecule has 0 aromatic heterocycles. The van der Waals surface area contributed by atoms with E-state index in [0.717, 1.165) is 44.9 Å². The topological polar surface area (TPSA) is 110 Å². The summed E-state index contributed by atoms with van der Waals surface area (Å²) >= 11 is 0. The summed E-state index contributed by atoms with van der Waals surface area (Å²) in [4.78, 5) is 12.6. The van der Waals surface area contributed by atoms with E-state index in [9.17, 15) is 25.2 Å². The highest BCUT2D eigenvalue weighted by Gasteiger charge is 2.28. The fourth-order valence-corrected chi connectivity index (χ4v) is 8.61. The Morgan fingerprint density at radius 2 is 0.705 bits per heavy atom. The fraction of sp³-hybridized carbons (Fsp3) is 0.909. The van der Waals surface area contributed by atoms with Crippen molar-refractivity contribution in [3.05, 3.63) is 24.3 Å². The van der Waals surface area contributed by atoms with E-state index in [1.54, 1.807) is 0 Å². The lowest BCUT2D eigenvalue weighted by atomic mass is 9.99. The molecular weight excluding hydrogens is 755 g/mol. The number of amides is 1. The van der Waals surface area contributed by atoms with Gasteiger partial charge in [0, 0.05) is 0 Å². The van der Waals surface area contributed by atoms with Crippen molar-refractivity contribution < 1.29 is 25.2 Å². The number of allylic oxidation sites excluding steroid dienone is 4. The molecule has 0 aliphatic rings. The summed E-state index contributed by atoms with van der Waals surface area (Å²) in [5.74, 6) is -0.583. The molecule has 0 aliphatic heterocycles. The van der Waals surface area contributed by atoms with Gasteiger partial charge in [0.2, 0.25) is 5.91 Å². The first kappa shape index (κ1) is 59.8. The number of rotatable bonds is 50. The maximum Gasteiger partial charge on any atom is 0.249 e. The zero-order valence-corrected chi connectivity index (χ0v) is 40.9. The van der Waals surface area contributed by atoms with Crippen molar-refractivity contribution in [2.24, 2.45) is 0 Å². The third kappa shape index (κ3) is 43.8. The van der Waals surface area contributed by atoms with Crippen molar-refractivity contribution in [2.75, 3.05) is 6.61 Å². The van der Waals surface area contributed by atoms with E-state index in [1.807, 2.05) is 0 Å². The third-order valence-corrected chi connectivity index (χ3v) is 12.9. The van der Waals surface area contributed by atoms with Gasteiger partial charge in [-0.25, -0.2) is 0 Å². The van der Waals surface area contributed by atoms with Gasteiger partial charge in [-0.1, -0.05) is 269 Å². The molecule has 0 radical (unpaired) electrons. The van der Waals surface area contributed by atoms with Gasteiger partial charge in [-0.2, -0.15) is 0 Å². The van der Waals surface area contributed by atoms with E-state index in [0.29, 0.717) is 12.8 Å². The Morgan fingerprint density at radius 1 is 0.410 bits per heavy atom. The van der Waals surface area contributed by atoms with Crippen LogP contribution in [0.2, 0.25) is 0 Å². The molecule has 0 saturated carbocycles. The van der Waals surface area contributed by atoms with Gasteiger partial charge >= 0.3 is 0 Å². The van der Waals surface area contributed by atoms with Crippen LogP contribution in [0, 0.1) is 0 Å². The van der Waals surface area contributed by atoms with Crippen LogP contribution in [0.25, 0.3) is 0 Å². The zero-order valence-electron chi connectivity index (χ0n) is 40.9. The molecule has 1 amide bonds. The summed E-state index contributed by atoms with van der Waals surface area (Å²) in [7, 11) is 0. The first-order chi connectivity index (χ1) is 30.0. The number of hydrogen-bond acceptors (Lipinski definition) is 5. The number of carbonyl (C=O) groups is 1. The standard InChI is InChI=1S/C55H107NO5/c1-3-5-7-9-11-13-15-17-19-21-23-24-25-26-27-28-29-31-33-35-37-39-41-43-45-47-49-53(59)55(61)56-51(50-57)54(60)52(58)48-46-44-42-40-38-36-34-32-30-22-20-18-16-14-12-10-8-6-4-2/h23-24,26-27,51-54,57-60H,3-22,25,28-50H2,1-2H3,(H,56,61)/b24-23-,27-26-. The second-order valence-electron chi connectivity index (χ2n) is 18.9. The number of nitrogens with one attached hydrogen (secondary N) is 1. The van der Waals surface area contributed by atoms with Gasteiger partial charge in [0.1, 0.15) is 12.2 Å². The molecule has 362 valence electrons. The van der Waals surface area contributed by atoms with Crippen LogP contribution in [0.1, 0.15) is 290 Å². The summed E-state index contributed by atoms with van der Waals surface area (Å²) in [6.45, 7) is 4.08. The Morgan fingerprint density at radius 3 is 1.03 bits per heavy atom. The Balaban J connectivity index is 3.65. The minimum atomic E-state index is -1.26. The molecule has 4 unspecified atom stereocenters. The third-order valence-electron chi connectivity index (χ3n) is 12.9. The van der Waals surface area contributed by atoms with Crippen LogP contribution >= 0.6 is 0 Å². The van der Waals surface area contributed by atoms with E-state index < -0.39 is 36.9 Å². The second-order valence-corrected chi connectivity index (χ2v) is 18.9. The maximum atomic E-state index is 12.6. The predicted molar refractivity (Wildman–Crippen MR) is 265 cm³/mol. The molecule has 61 heavy (non-hydrogen) atoms. The average molecular weight is 862 g/mol. The average Bonchev–Trinajstić information content (AvgIpc) is 3.26. The normalized spacial score (nSPS) is 14.0. The molecule has 0 spiro atoms. The van der Waals surface area contributed by atoms with Gasteiger partial charge in [-0.3, -0.25) is 4.79 Å². The molecule has 0 heterocycles. The van der Waals surface area contributed by atoms with Crippen molar-refractivity contribution in [1.82, 2.24) is 5.32 Å². The van der Waals surface area contributed by atoms with E-state index in [-0.39, 0.29) is 0 Å². The molecule has 6 heteroatoms. The minimum Gasteiger partial charge on any atom is -0.394 e. The summed E-state index contributed by atoms with van der Waals surface area (Å²) in [5, 5.41) is 44.0. The summed E-state index contributed by atoms with van der Waals surface area (Å²) in [6, 6.07) is -0.986. The maximum absolute atomic E-state index is 12.6. The van der Waals surface area contributed by atoms with Gasteiger partial charge in [0.05, 0.1) is 18.8 Å². The van der Waals surface area contributed by atoms with Gasteiger partial charge < -0.3 is 25.7 Å². The van der Waals surface area contributed by atoms with Crippen LogP contribution < -0.4 is 5.32 Å². The SMILES string of the molecule is CCCCCCCCCCC/C=C\C/C=C\CCCCCCCCCCCCC(O)C(=O)NC(CO)C(O)C(O)CCCCCCCCCCCCCCCCCCCCC. The van der Waals surface area contributed by atoms with Crippen LogP contribution in [-0.4, -0.2) is 57.3 Å². The largest absolute Gasteiger partial charge is 0.394 e. The lowest BCUT2D eigenvalue weighted by molar-refractivity contribution is -0.132. The molecule has 5 N–H and O–H groups in total. The van der Waals surface area contributed by atoms with Gasteiger partial charge in [0.15, 0.2) is 0 Å². The van der Waals surface area contributed by atoms with Crippen molar-refractivity contribution in [1.29, 1.82) is 0 Å². The fourth-order valence-electron chi connectivity index (χ4n) is 8.61. The predicted octanol–water partition coefficient (Wildman–Crippen LogP) is 15.5. The molecule has 4 atom stereocenters. The molecule has 0 saturated heterocycles. The Labute approximate surface area is 380 Å². The molecule has 6 nitrogen and oxygen atoms in total. The summed E-state index contributed by atoms with van der Waals surface area (Å²) in [5.41, 5.74) is 0. The van der Waals surface area contributed by atoms with Crippen LogP contribution in [0.3, 0.4) is 0 Å². The smallest absolute Gasteiger partial charge is 0.249 e. The Kier molecular flexibility index (Phi) is 48.8. The highest BCUT2D eigenvalue weighted by atomic mass is 16.3. The monoisotopic (exact) mass is 862 g/mol. The number of unbranched alkanes of at least 4 members (excludes halogenated alkanes) is 37. The van der Waals surface area contributed by atoms with Gasteiger partial charge in [-0.15, -0.1) is 0 Å². The van der Waals surface area contributed by atoms with Crippen molar-refractivity contribution in [2.45, 2.75) is 314 Å². The lowest BCUT2D eigenvalue weighted by Gasteiger charge is -2.27. The molecule has 0 aromatic rings. The van der Waals surface area contributed by atoms with E-state index in [1.165, 1.54) is 218 Å². The van der Waals surface area contributed by atoms with Crippen LogP contribution in [0.5, 0.6) is 0 Å². The summed E-state index contributed by atoms with van der Waals surface area (Å²) in [6.07, 6.45) is 59.4. The number of aliphatic hydroxyl groups excluding tert-OH is 4. The number of carbonyl (C=O) groups excluding carboxylic acids is 1. The highest BCUT2D eigenvalue weighted by Crippen LogP contribution is 2.18. The van der Waals surface area contributed by atoms with Crippen molar-refractivity contribution >= 4 is 5.91 Å². The first-order valence-electron chi connectivity index (χ1n) is 27.2. The molecule has 0 aromatic carbocycles. The van der Waals surface area contributed by atoms with Crippen molar-refractivity contribution in [3.8, 4) is 0 Å². The molecule has 0 fully saturated rings. The molecular formula is C55H107NO5. The zero-order chi connectivity index (χ0) is 44.5. The second kappa shape index (κ2) is 49.8. The Hall–Kier alpha value is -1.21. The Bertz CT molecular complexity index is 924. The van der Waals surface area contributed by atoms with E-state index in [4.69, 9.17) is 0 Å².